The second-order valence-electron chi connectivity index (χ2n) is 7.65. The second kappa shape index (κ2) is 9.84. The third-order valence-corrected chi connectivity index (χ3v) is 5.88. The standard InChI is InChI=1S/C27H26ClNO2/c1-2-31-27(30)22-9-13-25(14-10-22)29-17-15-20(16-18-29)19-23-5-3-4-6-26(23)21-7-11-24(28)12-8-21/h3-14,19H,2,15-18H2,1H3. The Morgan fingerprint density at radius 2 is 1.65 bits per heavy atom. The van der Waals surface area contributed by atoms with E-state index in [1.165, 1.54) is 22.3 Å². The summed E-state index contributed by atoms with van der Waals surface area (Å²) in [5, 5.41) is 0.752. The Bertz CT molecular complexity index is 1060. The van der Waals surface area contributed by atoms with Gasteiger partial charge in [-0.25, -0.2) is 4.79 Å². The van der Waals surface area contributed by atoms with Crippen molar-refractivity contribution in [2.75, 3.05) is 24.6 Å². The van der Waals surface area contributed by atoms with Gasteiger partial charge in [0.25, 0.3) is 0 Å². The van der Waals surface area contributed by atoms with E-state index in [0.717, 1.165) is 36.6 Å². The quantitative estimate of drug-likeness (QED) is 0.413. The summed E-state index contributed by atoms with van der Waals surface area (Å²) in [6, 6.07) is 24.2. The third kappa shape index (κ3) is 5.18. The second-order valence-corrected chi connectivity index (χ2v) is 8.09. The predicted molar refractivity (Wildman–Crippen MR) is 129 cm³/mol. The molecule has 0 aliphatic carbocycles. The number of carbonyl (C=O) groups excluding carboxylic acids is 1. The van der Waals surface area contributed by atoms with Gasteiger partial charge in [0.2, 0.25) is 0 Å². The van der Waals surface area contributed by atoms with Crippen molar-refractivity contribution in [2.24, 2.45) is 0 Å². The van der Waals surface area contributed by atoms with Crippen molar-refractivity contribution in [3.8, 4) is 11.1 Å². The molecule has 0 saturated carbocycles. The van der Waals surface area contributed by atoms with E-state index < -0.39 is 0 Å². The van der Waals surface area contributed by atoms with Crippen LogP contribution in [0.5, 0.6) is 0 Å². The van der Waals surface area contributed by atoms with Crippen LogP contribution in [0.2, 0.25) is 5.02 Å². The van der Waals surface area contributed by atoms with Gasteiger partial charge in [0.15, 0.2) is 0 Å². The van der Waals surface area contributed by atoms with Crippen LogP contribution in [-0.4, -0.2) is 25.7 Å². The summed E-state index contributed by atoms with van der Waals surface area (Å²) >= 11 is 6.06. The van der Waals surface area contributed by atoms with Crippen LogP contribution in [0.15, 0.2) is 78.4 Å². The molecule has 3 nitrogen and oxygen atoms in total. The van der Waals surface area contributed by atoms with Gasteiger partial charge in [-0.1, -0.05) is 59.6 Å². The Kier molecular flexibility index (Phi) is 6.73. The maximum absolute atomic E-state index is 11.8. The molecule has 1 heterocycles. The van der Waals surface area contributed by atoms with Crippen LogP contribution in [-0.2, 0) is 4.74 Å². The summed E-state index contributed by atoms with van der Waals surface area (Å²) in [5.41, 5.74) is 6.85. The molecule has 158 valence electrons. The number of halogens is 1. The van der Waals surface area contributed by atoms with Crippen molar-refractivity contribution in [1.82, 2.24) is 0 Å². The SMILES string of the molecule is CCOC(=O)c1ccc(N2CCC(=Cc3ccccc3-c3ccc(Cl)cc3)CC2)cc1. The zero-order chi connectivity index (χ0) is 21.6. The van der Waals surface area contributed by atoms with Crippen molar-refractivity contribution in [2.45, 2.75) is 19.8 Å². The van der Waals surface area contributed by atoms with Gasteiger partial charge in [-0.2, -0.15) is 0 Å². The van der Waals surface area contributed by atoms with E-state index >= 15 is 0 Å². The molecule has 0 amide bonds. The van der Waals surface area contributed by atoms with Gasteiger partial charge in [-0.3, -0.25) is 0 Å². The lowest BCUT2D eigenvalue weighted by Crippen LogP contribution is -2.30. The Morgan fingerprint density at radius 1 is 0.968 bits per heavy atom. The number of benzene rings is 3. The number of rotatable bonds is 5. The van der Waals surface area contributed by atoms with E-state index in [0.29, 0.717) is 12.2 Å². The Hall–Kier alpha value is -3.04. The van der Waals surface area contributed by atoms with E-state index in [2.05, 4.69) is 47.4 Å². The summed E-state index contributed by atoms with van der Waals surface area (Å²) in [6.45, 7) is 4.14. The van der Waals surface area contributed by atoms with Crippen LogP contribution in [0.3, 0.4) is 0 Å². The molecule has 1 saturated heterocycles. The number of carbonyl (C=O) groups is 1. The Morgan fingerprint density at radius 3 is 2.32 bits per heavy atom. The smallest absolute Gasteiger partial charge is 0.338 e. The van der Waals surface area contributed by atoms with Crippen molar-refractivity contribution in [1.29, 1.82) is 0 Å². The van der Waals surface area contributed by atoms with Crippen molar-refractivity contribution < 1.29 is 9.53 Å². The fourth-order valence-electron chi connectivity index (χ4n) is 3.95. The van der Waals surface area contributed by atoms with Crippen LogP contribution >= 0.6 is 11.6 Å². The molecule has 0 bridgehead atoms. The van der Waals surface area contributed by atoms with E-state index in [4.69, 9.17) is 16.3 Å². The molecule has 0 radical (unpaired) electrons. The number of hydrogen-bond acceptors (Lipinski definition) is 3. The van der Waals surface area contributed by atoms with Crippen molar-refractivity contribution >= 4 is 29.3 Å². The molecule has 4 heteroatoms. The lowest BCUT2D eigenvalue weighted by molar-refractivity contribution is 0.0526. The molecule has 0 atom stereocenters. The monoisotopic (exact) mass is 431 g/mol. The van der Waals surface area contributed by atoms with Gasteiger partial charge in [0, 0.05) is 23.8 Å². The minimum absolute atomic E-state index is 0.266. The molecule has 3 aromatic carbocycles. The molecular formula is C27H26ClNO2. The molecule has 3 aromatic rings. The van der Waals surface area contributed by atoms with Gasteiger partial charge in [0.1, 0.15) is 0 Å². The third-order valence-electron chi connectivity index (χ3n) is 5.62. The van der Waals surface area contributed by atoms with Gasteiger partial charge in [-0.15, -0.1) is 0 Å². The minimum Gasteiger partial charge on any atom is -0.462 e. The minimum atomic E-state index is -0.266. The average molecular weight is 432 g/mol. The molecule has 0 aromatic heterocycles. The summed E-state index contributed by atoms with van der Waals surface area (Å²) in [6.07, 6.45) is 4.38. The molecule has 1 fully saturated rings. The fourth-order valence-corrected chi connectivity index (χ4v) is 4.08. The number of hydrogen-bond donors (Lipinski definition) is 0. The number of ether oxygens (including phenoxy) is 1. The highest BCUT2D eigenvalue weighted by molar-refractivity contribution is 6.30. The van der Waals surface area contributed by atoms with E-state index in [1.807, 2.05) is 43.3 Å². The largest absolute Gasteiger partial charge is 0.462 e. The Balaban J connectivity index is 1.45. The summed E-state index contributed by atoms with van der Waals surface area (Å²) in [4.78, 5) is 14.2. The molecule has 0 spiro atoms. The zero-order valence-electron chi connectivity index (χ0n) is 17.7. The molecule has 0 N–H and O–H groups in total. The number of esters is 1. The first-order valence-corrected chi connectivity index (χ1v) is 11.1. The first kappa shape index (κ1) is 21.2. The van der Waals surface area contributed by atoms with Crippen LogP contribution < -0.4 is 4.90 Å². The highest BCUT2D eigenvalue weighted by Crippen LogP contribution is 2.30. The predicted octanol–water partition coefficient (Wildman–Crippen LogP) is 6.87. The summed E-state index contributed by atoms with van der Waals surface area (Å²) in [5.74, 6) is -0.266. The van der Waals surface area contributed by atoms with Crippen molar-refractivity contribution in [3.05, 3.63) is 94.5 Å². The average Bonchev–Trinajstić information content (AvgIpc) is 2.81. The lowest BCUT2D eigenvalue weighted by atomic mass is 9.95. The van der Waals surface area contributed by atoms with Crippen LogP contribution in [0, 0.1) is 0 Å². The van der Waals surface area contributed by atoms with Crippen LogP contribution in [0.1, 0.15) is 35.7 Å². The number of anilines is 1. The van der Waals surface area contributed by atoms with Gasteiger partial charge >= 0.3 is 5.97 Å². The molecule has 1 aliphatic heterocycles. The van der Waals surface area contributed by atoms with Gasteiger partial charge in [0.05, 0.1) is 12.2 Å². The molecule has 31 heavy (non-hydrogen) atoms. The highest BCUT2D eigenvalue weighted by atomic mass is 35.5. The molecular weight excluding hydrogens is 406 g/mol. The van der Waals surface area contributed by atoms with E-state index in [-0.39, 0.29) is 5.97 Å². The molecule has 0 unspecified atom stereocenters. The van der Waals surface area contributed by atoms with Crippen molar-refractivity contribution in [3.63, 3.8) is 0 Å². The topological polar surface area (TPSA) is 29.5 Å². The van der Waals surface area contributed by atoms with Gasteiger partial charge < -0.3 is 9.64 Å². The Labute approximate surface area is 188 Å². The first-order valence-electron chi connectivity index (χ1n) is 10.7. The summed E-state index contributed by atoms with van der Waals surface area (Å²) < 4.78 is 5.06. The molecule has 4 rings (SSSR count). The highest BCUT2D eigenvalue weighted by Gasteiger charge is 2.16. The van der Waals surface area contributed by atoms with Crippen LogP contribution in [0.25, 0.3) is 17.2 Å². The number of nitrogens with zero attached hydrogens (tertiary/aromatic N) is 1. The molecule has 1 aliphatic rings. The fraction of sp³-hybridized carbons (Fsp3) is 0.222. The van der Waals surface area contributed by atoms with Gasteiger partial charge in [-0.05, 0) is 72.9 Å². The summed E-state index contributed by atoms with van der Waals surface area (Å²) in [7, 11) is 0. The van der Waals surface area contributed by atoms with E-state index in [9.17, 15) is 4.79 Å². The van der Waals surface area contributed by atoms with Crippen LogP contribution in [0.4, 0.5) is 5.69 Å². The lowest BCUT2D eigenvalue weighted by Gasteiger charge is -2.30. The number of piperidine rings is 1. The zero-order valence-corrected chi connectivity index (χ0v) is 18.4. The first-order chi connectivity index (χ1) is 15.1. The van der Waals surface area contributed by atoms with E-state index in [1.54, 1.807) is 0 Å². The normalized spacial score (nSPS) is 13.7. The maximum Gasteiger partial charge on any atom is 0.338 e. The maximum atomic E-state index is 11.8.